The van der Waals surface area contributed by atoms with E-state index in [4.69, 9.17) is 15.2 Å². The van der Waals surface area contributed by atoms with E-state index in [9.17, 15) is 0 Å². The van der Waals surface area contributed by atoms with Crippen molar-refractivity contribution in [3.63, 3.8) is 0 Å². The van der Waals surface area contributed by atoms with Crippen molar-refractivity contribution in [2.24, 2.45) is 12.8 Å². The summed E-state index contributed by atoms with van der Waals surface area (Å²) in [4.78, 5) is 0. The van der Waals surface area contributed by atoms with Gasteiger partial charge < -0.3 is 19.8 Å². The zero-order valence-electron chi connectivity index (χ0n) is 9.78. The number of ether oxygens (including phenoxy) is 2. The molecule has 4 heteroatoms. The van der Waals surface area contributed by atoms with E-state index in [1.807, 2.05) is 29.9 Å². The van der Waals surface area contributed by atoms with Crippen molar-refractivity contribution in [2.75, 3.05) is 14.2 Å². The van der Waals surface area contributed by atoms with Crippen molar-refractivity contribution in [1.82, 2.24) is 4.57 Å². The topological polar surface area (TPSA) is 49.4 Å². The minimum atomic E-state index is 0.487. The molecule has 0 aliphatic carbocycles. The van der Waals surface area contributed by atoms with Crippen LogP contribution in [-0.2, 0) is 13.6 Å². The third kappa shape index (κ3) is 1.42. The largest absolute Gasteiger partial charge is 0.493 e. The van der Waals surface area contributed by atoms with Crippen LogP contribution in [0, 0.1) is 0 Å². The highest BCUT2D eigenvalue weighted by atomic mass is 16.5. The number of aryl methyl sites for hydroxylation is 1. The van der Waals surface area contributed by atoms with Crippen LogP contribution in [0.4, 0.5) is 0 Å². The molecule has 86 valence electrons. The zero-order valence-corrected chi connectivity index (χ0v) is 9.78. The Labute approximate surface area is 94.6 Å². The fourth-order valence-corrected chi connectivity index (χ4v) is 2.04. The summed E-state index contributed by atoms with van der Waals surface area (Å²) < 4.78 is 12.7. The van der Waals surface area contributed by atoms with Gasteiger partial charge in [-0.05, 0) is 17.7 Å². The summed E-state index contributed by atoms with van der Waals surface area (Å²) in [6.07, 6.45) is 2.02. The third-order valence-corrected chi connectivity index (χ3v) is 2.79. The first-order valence-corrected chi connectivity index (χ1v) is 5.11. The molecule has 0 aliphatic heterocycles. The standard InChI is InChI=1S/C12H16N2O2/c1-14-7-8(6-13)11-9(14)4-5-10(15-2)12(11)16-3/h4-5,7H,6,13H2,1-3H3. The zero-order chi connectivity index (χ0) is 11.7. The predicted octanol–water partition coefficient (Wildman–Crippen LogP) is 1.65. The van der Waals surface area contributed by atoms with E-state index in [0.29, 0.717) is 6.54 Å². The fourth-order valence-electron chi connectivity index (χ4n) is 2.04. The molecule has 0 saturated carbocycles. The SMILES string of the molecule is COc1ccc2c(c(CN)cn2C)c1OC. The summed E-state index contributed by atoms with van der Waals surface area (Å²) in [5.74, 6) is 1.48. The second-order valence-corrected chi connectivity index (χ2v) is 3.66. The summed E-state index contributed by atoms with van der Waals surface area (Å²) in [5.41, 5.74) is 7.89. The first kappa shape index (κ1) is 10.8. The Hall–Kier alpha value is -1.68. The Bertz CT molecular complexity index is 517. The molecule has 0 bridgehead atoms. The first-order chi connectivity index (χ1) is 7.72. The van der Waals surface area contributed by atoms with Crippen LogP contribution >= 0.6 is 0 Å². The molecular formula is C12H16N2O2. The van der Waals surface area contributed by atoms with Crippen molar-refractivity contribution in [3.8, 4) is 11.5 Å². The number of rotatable bonds is 3. The molecule has 1 aromatic heterocycles. The maximum absolute atomic E-state index is 5.73. The van der Waals surface area contributed by atoms with E-state index in [1.54, 1.807) is 14.2 Å². The van der Waals surface area contributed by atoms with E-state index in [-0.39, 0.29) is 0 Å². The average Bonchev–Trinajstić information content (AvgIpc) is 2.65. The lowest BCUT2D eigenvalue weighted by atomic mass is 10.1. The molecule has 0 aliphatic rings. The Morgan fingerprint density at radius 1 is 1.25 bits per heavy atom. The number of aromatic nitrogens is 1. The Morgan fingerprint density at radius 3 is 2.56 bits per heavy atom. The third-order valence-electron chi connectivity index (χ3n) is 2.79. The smallest absolute Gasteiger partial charge is 0.170 e. The molecule has 0 spiro atoms. The van der Waals surface area contributed by atoms with E-state index >= 15 is 0 Å². The second kappa shape index (κ2) is 4.06. The quantitative estimate of drug-likeness (QED) is 0.855. The van der Waals surface area contributed by atoms with Gasteiger partial charge in [0.05, 0.1) is 25.1 Å². The predicted molar refractivity (Wildman–Crippen MR) is 63.9 cm³/mol. The lowest BCUT2D eigenvalue weighted by Crippen LogP contribution is -1.97. The molecule has 0 saturated heterocycles. The van der Waals surface area contributed by atoms with E-state index in [2.05, 4.69) is 0 Å². The van der Waals surface area contributed by atoms with Crippen LogP contribution in [0.2, 0.25) is 0 Å². The van der Waals surface area contributed by atoms with Crippen LogP contribution < -0.4 is 15.2 Å². The molecule has 1 heterocycles. The van der Waals surface area contributed by atoms with Gasteiger partial charge in [0.2, 0.25) is 0 Å². The Morgan fingerprint density at radius 2 is 2.00 bits per heavy atom. The van der Waals surface area contributed by atoms with Gasteiger partial charge in [-0.2, -0.15) is 0 Å². The molecule has 0 unspecified atom stereocenters. The van der Waals surface area contributed by atoms with Crippen molar-refractivity contribution in [2.45, 2.75) is 6.54 Å². The molecule has 2 rings (SSSR count). The van der Waals surface area contributed by atoms with Crippen LogP contribution in [0.15, 0.2) is 18.3 Å². The normalized spacial score (nSPS) is 10.8. The van der Waals surface area contributed by atoms with Crippen LogP contribution in [0.25, 0.3) is 10.9 Å². The minimum Gasteiger partial charge on any atom is -0.493 e. The average molecular weight is 220 g/mol. The van der Waals surface area contributed by atoms with Gasteiger partial charge in [0.25, 0.3) is 0 Å². The molecule has 0 amide bonds. The van der Waals surface area contributed by atoms with Gasteiger partial charge in [-0.15, -0.1) is 0 Å². The van der Waals surface area contributed by atoms with Crippen molar-refractivity contribution in [1.29, 1.82) is 0 Å². The van der Waals surface area contributed by atoms with Gasteiger partial charge in [0.1, 0.15) is 0 Å². The maximum Gasteiger partial charge on any atom is 0.170 e. The summed E-state index contributed by atoms with van der Waals surface area (Å²) in [5, 5.41) is 1.03. The van der Waals surface area contributed by atoms with E-state index in [0.717, 1.165) is 28.0 Å². The number of nitrogens with zero attached hydrogens (tertiary/aromatic N) is 1. The van der Waals surface area contributed by atoms with Gasteiger partial charge >= 0.3 is 0 Å². The van der Waals surface area contributed by atoms with Crippen LogP contribution in [0.3, 0.4) is 0 Å². The maximum atomic E-state index is 5.73. The summed E-state index contributed by atoms with van der Waals surface area (Å²) in [6, 6.07) is 3.91. The van der Waals surface area contributed by atoms with Gasteiger partial charge in [-0.3, -0.25) is 0 Å². The highest BCUT2D eigenvalue weighted by molar-refractivity contribution is 5.92. The van der Waals surface area contributed by atoms with Gasteiger partial charge in [0.15, 0.2) is 11.5 Å². The number of fused-ring (bicyclic) bond motifs is 1. The summed E-state index contributed by atoms with van der Waals surface area (Å²) >= 11 is 0. The number of benzene rings is 1. The Kier molecular flexibility index (Phi) is 2.75. The lowest BCUT2D eigenvalue weighted by Gasteiger charge is -2.09. The molecule has 0 atom stereocenters. The summed E-state index contributed by atoms with van der Waals surface area (Å²) in [6.45, 7) is 0.487. The van der Waals surface area contributed by atoms with Gasteiger partial charge in [-0.25, -0.2) is 0 Å². The number of hydrogen-bond donors (Lipinski definition) is 1. The fraction of sp³-hybridized carbons (Fsp3) is 0.333. The Balaban J connectivity index is 2.84. The molecule has 2 aromatic rings. The van der Waals surface area contributed by atoms with E-state index < -0.39 is 0 Å². The number of methoxy groups -OCH3 is 2. The molecule has 2 N–H and O–H groups in total. The first-order valence-electron chi connectivity index (χ1n) is 5.11. The van der Waals surface area contributed by atoms with Gasteiger partial charge in [-0.1, -0.05) is 0 Å². The van der Waals surface area contributed by atoms with Crippen LogP contribution in [0.1, 0.15) is 5.56 Å². The van der Waals surface area contributed by atoms with Crippen molar-refractivity contribution < 1.29 is 9.47 Å². The van der Waals surface area contributed by atoms with Gasteiger partial charge in [0, 0.05) is 19.8 Å². The number of hydrogen-bond acceptors (Lipinski definition) is 3. The van der Waals surface area contributed by atoms with Crippen molar-refractivity contribution >= 4 is 10.9 Å². The van der Waals surface area contributed by atoms with Crippen LogP contribution in [-0.4, -0.2) is 18.8 Å². The van der Waals surface area contributed by atoms with E-state index in [1.165, 1.54) is 0 Å². The lowest BCUT2D eigenvalue weighted by molar-refractivity contribution is 0.358. The number of nitrogens with two attached hydrogens (primary N) is 1. The minimum absolute atomic E-state index is 0.487. The summed E-state index contributed by atoms with van der Waals surface area (Å²) in [7, 11) is 5.27. The molecular weight excluding hydrogens is 204 g/mol. The molecule has 16 heavy (non-hydrogen) atoms. The highest BCUT2D eigenvalue weighted by Crippen LogP contribution is 2.37. The van der Waals surface area contributed by atoms with Crippen molar-refractivity contribution in [3.05, 3.63) is 23.9 Å². The molecule has 0 fully saturated rings. The van der Waals surface area contributed by atoms with Crippen LogP contribution in [0.5, 0.6) is 11.5 Å². The molecule has 1 aromatic carbocycles. The molecule has 4 nitrogen and oxygen atoms in total. The molecule has 0 radical (unpaired) electrons. The highest BCUT2D eigenvalue weighted by Gasteiger charge is 2.14. The second-order valence-electron chi connectivity index (χ2n) is 3.66. The monoisotopic (exact) mass is 220 g/mol.